The number of thioether (sulfide) groups is 1. The van der Waals surface area contributed by atoms with Crippen LogP contribution in [0.4, 0.5) is 5.69 Å². The Bertz CT molecular complexity index is 961. The Morgan fingerprint density at radius 2 is 1.91 bits per heavy atom. The fourth-order valence-corrected chi connectivity index (χ4v) is 5.39. The number of hydrogen-bond acceptors (Lipinski definition) is 6. The molecule has 0 saturated heterocycles. The van der Waals surface area contributed by atoms with Gasteiger partial charge in [0, 0.05) is 48.6 Å². The van der Waals surface area contributed by atoms with Gasteiger partial charge in [-0.1, -0.05) is 23.4 Å². The third-order valence-electron chi connectivity index (χ3n) is 5.64. The Labute approximate surface area is 218 Å². The minimum absolute atomic E-state index is 0. The smallest absolute Gasteiger partial charge is 0.225 e. The van der Waals surface area contributed by atoms with Crippen LogP contribution < -0.4 is 14.4 Å². The standard InChI is InChI=1S/C25H33ClN2O4S.ClH/c1-17(2)27(12-14-30-4)11-6-13-32-23-9-8-20(31-5)16-21(23)25-28(18(3)29)22-15-19(26)7-10-24(22)33-25;/h7-10,15-17,25H,6,11-14H2,1-5H3;1H. The fourth-order valence-electron chi connectivity index (χ4n) is 3.88. The van der Waals surface area contributed by atoms with Crippen molar-refractivity contribution in [3.8, 4) is 11.5 Å². The third-order valence-corrected chi connectivity index (χ3v) is 7.16. The maximum Gasteiger partial charge on any atom is 0.225 e. The van der Waals surface area contributed by atoms with Gasteiger partial charge in [-0.05, 0) is 56.7 Å². The third kappa shape index (κ3) is 6.95. The molecule has 1 amide bonds. The van der Waals surface area contributed by atoms with E-state index in [1.54, 1.807) is 37.8 Å². The van der Waals surface area contributed by atoms with Crippen LogP contribution >= 0.6 is 35.8 Å². The number of carbonyl (C=O) groups excluding carboxylic acids is 1. The SMILES string of the molecule is COCCN(CCCOc1ccc(OC)cc1C1Sc2ccc(Cl)cc2N1C(C)=O)C(C)C.Cl. The summed E-state index contributed by atoms with van der Waals surface area (Å²) in [6.45, 7) is 9.07. The first-order chi connectivity index (χ1) is 15.8. The second-order valence-corrected chi connectivity index (χ2v) is 9.76. The van der Waals surface area contributed by atoms with E-state index in [4.69, 9.17) is 25.8 Å². The van der Waals surface area contributed by atoms with Crippen LogP contribution in [0.1, 0.15) is 38.1 Å². The minimum Gasteiger partial charge on any atom is -0.497 e. The molecule has 1 atom stereocenters. The Morgan fingerprint density at radius 3 is 2.56 bits per heavy atom. The maximum atomic E-state index is 12.6. The van der Waals surface area contributed by atoms with Crippen LogP contribution in [0.25, 0.3) is 0 Å². The molecule has 2 aromatic rings. The molecule has 188 valence electrons. The molecular weight excluding hydrogens is 495 g/mol. The van der Waals surface area contributed by atoms with Gasteiger partial charge in [0.15, 0.2) is 0 Å². The number of nitrogens with zero attached hydrogens (tertiary/aromatic N) is 2. The summed E-state index contributed by atoms with van der Waals surface area (Å²) >= 11 is 7.84. The van der Waals surface area contributed by atoms with Crippen LogP contribution in [-0.4, -0.2) is 57.4 Å². The Balaban J connectivity index is 0.00000408. The molecule has 3 rings (SSSR count). The molecule has 2 aromatic carbocycles. The fraction of sp³-hybridized carbons (Fsp3) is 0.480. The summed E-state index contributed by atoms with van der Waals surface area (Å²) in [4.78, 5) is 17.8. The molecule has 0 radical (unpaired) electrons. The molecular formula is C25H34Cl2N2O4S. The molecule has 1 aliphatic heterocycles. The lowest BCUT2D eigenvalue weighted by Crippen LogP contribution is -2.35. The summed E-state index contributed by atoms with van der Waals surface area (Å²) in [5, 5.41) is 0.349. The van der Waals surface area contributed by atoms with Crippen molar-refractivity contribution in [1.82, 2.24) is 4.90 Å². The lowest BCUT2D eigenvalue weighted by Gasteiger charge is -2.27. The Hall–Kier alpha value is -1.64. The normalized spacial score (nSPS) is 14.8. The van der Waals surface area contributed by atoms with Gasteiger partial charge in [0.05, 0.1) is 26.0 Å². The number of hydrogen-bond donors (Lipinski definition) is 0. The highest BCUT2D eigenvalue weighted by Crippen LogP contribution is 2.54. The zero-order valence-corrected chi connectivity index (χ0v) is 22.8. The number of anilines is 1. The van der Waals surface area contributed by atoms with Crippen LogP contribution in [0.15, 0.2) is 41.3 Å². The van der Waals surface area contributed by atoms with E-state index >= 15 is 0 Å². The average molecular weight is 530 g/mol. The van der Waals surface area contributed by atoms with Crippen LogP contribution in [-0.2, 0) is 9.53 Å². The predicted molar refractivity (Wildman–Crippen MR) is 142 cm³/mol. The molecule has 1 unspecified atom stereocenters. The van der Waals surface area contributed by atoms with Crippen LogP contribution in [0, 0.1) is 0 Å². The van der Waals surface area contributed by atoms with Crippen molar-refractivity contribution >= 4 is 47.4 Å². The molecule has 6 nitrogen and oxygen atoms in total. The summed E-state index contributed by atoms with van der Waals surface area (Å²) in [5.41, 5.74) is 1.73. The van der Waals surface area contributed by atoms with Crippen LogP contribution in [0.5, 0.6) is 11.5 Å². The molecule has 0 bridgehead atoms. The summed E-state index contributed by atoms with van der Waals surface area (Å²) in [7, 11) is 3.36. The first kappa shape index (κ1) is 28.6. The van der Waals surface area contributed by atoms with Crippen molar-refractivity contribution in [3.05, 3.63) is 47.0 Å². The number of halogens is 2. The molecule has 0 spiro atoms. The molecule has 1 aliphatic rings. The number of fused-ring (bicyclic) bond motifs is 1. The van der Waals surface area contributed by atoms with Gasteiger partial charge in [-0.15, -0.1) is 12.4 Å². The highest BCUT2D eigenvalue weighted by atomic mass is 35.5. The largest absolute Gasteiger partial charge is 0.497 e. The number of carbonyl (C=O) groups is 1. The van der Waals surface area contributed by atoms with Gasteiger partial charge in [0.25, 0.3) is 0 Å². The molecule has 0 aliphatic carbocycles. The number of methoxy groups -OCH3 is 2. The number of ether oxygens (including phenoxy) is 3. The number of rotatable bonds is 11. The summed E-state index contributed by atoms with van der Waals surface area (Å²) in [5.74, 6) is 1.43. The van der Waals surface area contributed by atoms with Crippen molar-refractivity contribution < 1.29 is 19.0 Å². The molecule has 0 saturated carbocycles. The zero-order valence-electron chi connectivity index (χ0n) is 20.4. The van der Waals surface area contributed by atoms with Gasteiger partial charge < -0.3 is 14.2 Å². The maximum absolute atomic E-state index is 12.6. The van der Waals surface area contributed by atoms with Crippen molar-refractivity contribution in [3.63, 3.8) is 0 Å². The van der Waals surface area contributed by atoms with E-state index in [9.17, 15) is 4.79 Å². The van der Waals surface area contributed by atoms with E-state index < -0.39 is 0 Å². The first-order valence-corrected chi connectivity index (χ1v) is 12.4. The zero-order chi connectivity index (χ0) is 24.0. The van der Waals surface area contributed by atoms with E-state index in [-0.39, 0.29) is 23.7 Å². The van der Waals surface area contributed by atoms with E-state index in [2.05, 4.69) is 18.7 Å². The molecule has 0 aromatic heterocycles. The van der Waals surface area contributed by atoms with Gasteiger partial charge in [-0.3, -0.25) is 14.6 Å². The van der Waals surface area contributed by atoms with Gasteiger partial charge >= 0.3 is 0 Å². The summed E-state index contributed by atoms with van der Waals surface area (Å²) < 4.78 is 16.9. The quantitative estimate of drug-likeness (QED) is 0.330. The second kappa shape index (κ2) is 13.4. The van der Waals surface area contributed by atoms with Crippen molar-refractivity contribution in [2.24, 2.45) is 0 Å². The van der Waals surface area contributed by atoms with Gasteiger partial charge in [-0.2, -0.15) is 0 Å². The first-order valence-electron chi connectivity index (χ1n) is 11.2. The Kier molecular flexibility index (Phi) is 11.3. The highest BCUT2D eigenvalue weighted by molar-refractivity contribution is 8.00. The molecule has 9 heteroatoms. The Morgan fingerprint density at radius 1 is 1.15 bits per heavy atom. The van der Waals surface area contributed by atoms with E-state index in [0.717, 1.165) is 47.2 Å². The topological polar surface area (TPSA) is 51.2 Å². The molecule has 1 heterocycles. The number of benzene rings is 2. The van der Waals surface area contributed by atoms with Crippen molar-refractivity contribution in [2.75, 3.05) is 45.4 Å². The van der Waals surface area contributed by atoms with Crippen molar-refractivity contribution in [2.45, 2.75) is 43.5 Å². The van der Waals surface area contributed by atoms with Gasteiger partial charge in [0.1, 0.15) is 16.9 Å². The number of amides is 1. The van der Waals surface area contributed by atoms with Crippen LogP contribution in [0.2, 0.25) is 5.02 Å². The summed E-state index contributed by atoms with van der Waals surface area (Å²) in [6, 6.07) is 11.9. The van der Waals surface area contributed by atoms with Gasteiger partial charge in [0.2, 0.25) is 5.91 Å². The molecule has 0 fully saturated rings. The highest BCUT2D eigenvalue weighted by Gasteiger charge is 2.36. The molecule has 34 heavy (non-hydrogen) atoms. The van der Waals surface area contributed by atoms with E-state index in [1.807, 2.05) is 36.4 Å². The average Bonchev–Trinajstić information content (AvgIpc) is 3.17. The lowest BCUT2D eigenvalue weighted by atomic mass is 10.1. The second-order valence-electron chi connectivity index (χ2n) is 8.20. The summed E-state index contributed by atoms with van der Waals surface area (Å²) in [6.07, 6.45) is 0.886. The molecule has 0 N–H and O–H groups in total. The van der Waals surface area contributed by atoms with E-state index in [1.165, 1.54) is 0 Å². The predicted octanol–water partition coefficient (Wildman–Crippen LogP) is 6.05. The monoisotopic (exact) mass is 528 g/mol. The van der Waals surface area contributed by atoms with Gasteiger partial charge in [-0.25, -0.2) is 0 Å². The van der Waals surface area contributed by atoms with Crippen molar-refractivity contribution in [1.29, 1.82) is 0 Å². The van der Waals surface area contributed by atoms with E-state index in [0.29, 0.717) is 24.3 Å². The van der Waals surface area contributed by atoms with Crippen LogP contribution in [0.3, 0.4) is 0 Å². The minimum atomic E-state index is -0.255. The lowest BCUT2D eigenvalue weighted by molar-refractivity contribution is -0.116.